The van der Waals surface area contributed by atoms with Gasteiger partial charge in [0.25, 0.3) is 0 Å². The highest BCUT2D eigenvalue weighted by Crippen LogP contribution is 2.28. The molecule has 0 heterocycles. The number of amides is 1. The van der Waals surface area contributed by atoms with Crippen LogP contribution in [0.2, 0.25) is 0 Å². The molecule has 140 valence electrons. The molecule has 4 N–H and O–H groups in total. The summed E-state index contributed by atoms with van der Waals surface area (Å²) in [5.41, 5.74) is 7.68. The zero-order valence-electron chi connectivity index (χ0n) is 14.1. The Labute approximate surface area is 159 Å². The van der Waals surface area contributed by atoms with Gasteiger partial charge in [0.2, 0.25) is 15.9 Å². The molecule has 1 aliphatic rings. The van der Waals surface area contributed by atoms with Gasteiger partial charge in [0.15, 0.2) is 0 Å². The summed E-state index contributed by atoms with van der Waals surface area (Å²) in [6, 6.07) is 13.3. The second-order valence-corrected chi connectivity index (χ2v) is 8.05. The third kappa shape index (κ3) is 5.72. The lowest BCUT2D eigenvalue weighted by Gasteiger charge is -2.08. The topological polar surface area (TPSA) is 101 Å². The molecule has 2 aromatic rings. The average Bonchev–Trinajstić information content (AvgIpc) is 3.40. The maximum absolute atomic E-state index is 12.2. The number of nitrogens with two attached hydrogens (primary N) is 1. The lowest BCUT2D eigenvalue weighted by Crippen LogP contribution is -2.25. The summed E-state index contributed by atoms with van der Waals surface area (Å²) in [4.78, 5) is 12.3. The predicted molar refractivity (Wildman–Crippen MR) is 105 cm³/mol. The van der Waals surface area contributed by atoms with E-state index in [2.05, 4.69) is 10.0 Å². The van der Waals surface area contributed by atoms with Crippen LogP contribution < -0.4 is 15.8 Å². The van der Waals surface area contributed by atoms with Crippen molar-refractivity contribution in [1.82, 2.24) is 4.72 Å². The highest BCUT2D eigenvalue weighted by Gasteiger charge is 2.24. The van der Waals surface area contributed by atoms with Crippen LogP contribution in [0, 0.1) is 5.92 Å². The number of carbonyl (C=O) groups is 1. The van der Waals surface area contributed by atoms with Crippen LogP contribution in [0.3, 0.4) is 0 Å². The summed E-state index contributed by atoms with van der Waals surface area (Å²) in [7, 11) is -3.49. The molecule has 1 aliphatic carbocycles. The molecule has 0 bridgehead atoms. The van der Waals surface area contributed by atoms with E-state index in [-0.39, 0.29) is 29.6 Å². The Kier molecular flexibility index (Phi) is 6.63. The quantitative estimate of drug-likeness (QED) is 0.627. The first-order valence-electron chi connectivity index (χ1n) is 8.16. The van der Waals surface area contributed by atoms with E-state index in [0.717, 1.165) is 18.4 Å². The zero-order chi connectivity index (χ0) is 17.9. The van der Waals surface area contributed by atoms with Crippen molar-refractivity contribution in [3.63, 3.8) is 0 Å². The van der Waals surface area contributed by atoms with Crippen molar-refractivity contribution in [2.45, 2.75) is 24.2 Å². The smallest absolute Gasteiger partial charge is 0.240 e. The standard InChI is InChI=1S/C18H21N3O3S.ClH/c19-15-5-3-13(4-6-15)11-18(22)21-16-7-9-17(10-8-16)25(23,24)20-12-14-1-2-14;/h3-10,14,20H,1-2,11-12,19H2,(H,21,22);1H. The van der Waals surface area contributed by atoms with E-state index in [4.69, 9.17) is 5.73 Å². The van der Waals surface area contributed by atoms with Crippen molar-refractivity contribution < 1.29 is 13.2 Å². The number of carbonyl (C=O) groups excluding carboxylic acids is 1. The lowest BCUT2D eigenvalue weighted by molar-refractivity contribution is -0.115. The Morgan fingerprint density at radius 1 is 1.04 bits per heavy atom. The van der Waals surface area contributed by atoms with Crippen LogP contribution in [0.25, 0.3) is 0 Å². The van der Waals surface area contributed by atoms with Crippen LogP contribution >= 0.6 is 12.4 Å². The fraction of sp³-hybridized carbons (Fsp3) is 0.278. The number of sulfonamides is 1. The average molecular weight is 396 g/mol. The third-order valence-electron chi connectivity index (χ3n) is 4.05. The first kappa shape index (κ1) is 20.2. The number of halogens is 1. The molecule has 2 aromatic carbocycles. The Morgan fingerprint density at radius 3 is 2.23 bits per heavy atom. The molecule has 0 saturated heterocycles. The minimum atomic E-state index is -3.49. The second-order valence-electron chi connectivity index (χ2n) is 6.29. The van der Waals surface area contributed by atoms with Crippen molar-refractivity contribution in [3.05, 3.63) is 54.1 Å². The molecule has 3 rings (SSSR count). The third-order valence-corrected chi connectivity index (χ3v) is 5.49. The van der Waals surface area contributed by atoms with Crippen LogP contribution in [-0.4, -0.2) is 20.9 Å². The van der Waals surface area contributed by atoms with Gasteiger partial charge in [-0.1, -0.05) is 12.1 Å². The molecular weight excluding hydrogens is 374 g/mol. The number of nitrogen functional groups attached to an aromatic ring is 1. The minimum Gasteiger partial charge on any atom is -0.399 e. The molecule has 0 aromatic heterocycles. The molecular formula is C18H22ClN3O3S. The highest BCUT2D eigenvalue weighted by molar-refractivity contribution is 7.89. The van der Waals surface area contributed by atoms with Crippen molar-refractivity contribution in [1.29, 1.82) is 0 Å². The number of hydrogen-bond acceptors (Lipinski definition) is 4. The molecule has 0 atom stereocenters. The molecule has 1 amide bonds. The summed E-state index contributed by atoms with van der Waals surface area (Å²) in [5, 5.41) is 2.76. The summed E-state index contributed by atoms with van der Waals surface area (Å²) >= 11 is 0. The van der Waals surface area contributed by atoms with Crippen molar-refractivity contribution in [2.24, 2.45) is 5.92 Å². The van der Waals surface area contributed by atoms with Crippen LogP contribution in [0.4, 0.5) is 11.4 Å². The summed E-state index contributed by atoms with van der Waals surface area (Å²) in [5.74, 6) is 0.300. The van der Waals surface area contributed by atoms with Gasteiger partial charge >= 0.3 is 0 Å². The van der Waals surface area contributed by atoms with Gasteiger partial charge in [-0.05, 0) is 60.7 Å². The Balaban J connectivity index is 0.00000243. The molecule has 0 unspecified atom stereocenters. The fourth-order valence-electron chi connectivity index (χ4n) is 2.38. The first-order valence-corrected chi connectivity index (χ1v) is 9.65. The minimum absolute atomic E-state index is 0. The maximum atomic E-state index is 12.2. The molecule has 1 saturated carbocycles. The van der Waals surface area contributed by atoms with E-state index in [0.29, 0.717) is 23.8 Å². The number of anilines is 2. The van der Waals surface area contributed by atoms with Crippen LogP contribution in [0.5, 0.6) is 0 Å². The molecule has 0 aliphatic heterocycles. The molecule has 0 radical (unpaired) electrons. The Hall–Kier alpha value is -2.09. The van der Waals surface area contributed by atoms with Crippen LogP contribution in [0.1, 0.15) is 18.4 Å². The fourth-order valence-corrected chi connectivity index (χ4v) is 3.49. The van der Waals surface area contributed by atoms with Crippen molar-refractivity contribution in [3.8, 4) is 0 Å². The lowest BCUT2D eigenvalue weighted by atomic mass is 10.1. The molecule has 1 fully saturated rings. The van der Waals surface area contributed by atoms with Gasteiger partial charge in [-0.15, -0.1) is 12.4 Å². The first-order chi connectivity index (χ1) is 11.9. The van der Waals surface area contributed by atoms with Gasteiger partial charge in [-0.3, -0.25) is 4.79 Å². The Bertz CT molecular complexity index is 848. The van der Waals surface area contributed by atoms with Gasteiger partial charge in [0, 0.05) is 17.9 Å². The molecule has 0 spiro atoms. The van der Waals surface area contributed by atoms with Gasteiger partial charge in [-0.2, -0.15) is 0 Å². The van der Waals surface area contributed by atoms with Crippen LogP contribution in [-0.2, 0) is 21.2 Å². The number of rotatable bonds is 7. The predicted octanol–water partition coefficient (Wildman–Crippen LogP) is 2.56. The van der Waals surface area contributed by atoms with Gasteiger partial charge < -0.3 is 11.1 Å². The summed E-state index contributed by atoms with van der Waals surface area (Å²) in [6.07, 6.45) is 2.40. The Morgan fingerprint density at radius 2 is 1.65 bits per heavy atom. The van der Waals surface area contributed by atoms with Crippen molar-refractivity contribution >= 4 is 39.7 Å². The monoisotopic (exact) mass is 395 g/mol. The molecule has 8 heteroatoms. The van der Waals surface area contributed by atoms with E-state index in [1.165, 1.54) is 12.1 Å². The zero-order valence-corrected chi connectivity index (χ0v) is 15.8. The normalized spacial score (nSPS) is 13.7. The van der Waals surface area contributed by atoms with Crippen LogP contribution in [0.15, 0.2) is 53.4 Å². The molecule has 6 nitrogen and oxygen atoms in total. The SMILES string of the molecule is Cl.Nc1ccc(CC(=O)Nc2ccc(S(=O)(=O)NCC3CC3)cc2)cc1. The van der Waals surface area contributed by atoms with Gasteiger partial charge in [-0.25, -0.2) is 13.1 Å². The largest absolute Gasteiger partial charge is 0.399 e. The molecule has 26 heavy (non-hydrogen) atoms. The number of benzene rings is 2. The maximum Gasteiger partial charge on any atom is 0.240 e. The van der Waals surface area contributed by atoms with Crippen molar-refractivity contribution in [2.75, 3.05) is 17.6 Å². The van der Waals surface area contributed by atoms with E-state index in [1.54, 1.807) is 36.4 Å². The van der Waals surface area contributed by atoms with E-state index in [1.807, 2.05) is 0 Å². The van der Waals surface area contributed by atoms with Gasteiger partial charge in [0.05, 0.1) is 11.3 Å². The van der Waals surface area contributed by atoms with Gasteiger partial charge in [0.1, 0.15) is 0 Å². The summed E-state index contributed by atoms with van der Waals surface area (Å²) < 4.78 is 26.9. The van der Waals surface area contributed by atoms with E-state index >= 15 is 0 Å². The number of hydrogen-bond donors (Lipinski definition) is 3. The van der Waals surface area contributed by atoms with E-state index < -0.39 is 10.0 Å². The second kappa shape index (κ2) is 8.53. The van der Waals surface area contributed by atoms with E-state index in [9.17, 15) is 13.2 Å². The number of nitrogens with one attached hydrogen (secondary N) is 2. The highest BCUT2D eigenvalue weighted by atomic mass is 35.5. The summed E-state index contributed by atoms with van der Waals surface area (Å²) in [6.45, 7) is 0.489.